The van der Waals surface area contributed by atoms with Gasteiger partial charge in [-0.05, 0) is 30.2 Å². The molecule has 1 amide bonds. The summed E-state index contributed by atoms with van der Waals surface area (Å²) < 4.78 is 0. The zero-order valence-electron chi connectivity index (χ0n) is 9.02. The Morgan fingerprint density at radius 1 is 1.50 bits per heavy atom. The third kappa shape index (κ3) is 2.17. The quantitative estimate of drug-likeness (QED) is 0.682. The molecule has 1 heterocycles. The van der Waals surface area contributed by atoms with E-state index in [-0.39, 0.29) is 23.5 Å². The van der Waals surface area contributed by atoms with Crippen LogP contribution in [0, 0.1) is 5.92 Å². The van der Waals surface area contributed by atoms with Crippen LogP contribution < -0.4 is 11.1 Å². The normalized spacial score (nSPS) is 25.2. The highest BCUT2D eigenvalue weighted by atomic mass is 16.3. The number of nitrogens with one attached hydrogen (secondary N) is 1. The van der Waals surface area contributed by atoms with Crippen molar-refractivity contribution in [3.05, 3.63) is 29.8 Å². The Morgan fingerprint density at radius 3 is 3.00 bits per heavy atom. The summed E-state index contributed by atoms with van der Waals surface area (Å²) >= 11 is 0. The second-order valence-corrected chi connectivity index (χ2v) is 4.21. The number of phenols is 1. The van der Waals surface area contributed by atoms with Crippen molar-refractivity contribution in [3.63, 3.8) is 0 Å². The molecule has 1 aromatic carbocycles. The summed E-state index contributed by atoms with van der Waals surface area (Å²) in [6, 6.07) is 7.16. The highest BCUT2D eigenvalue weighted by Gasteiger charge is 2.29. The largest absolute Gasteiger partial charge is 0.508 e. The zero-order chi connectivity index (χ0) is 11.5. The average molecular weight is 220 g/mol. The third-order valence-electron chi connectivity index (χ3n) is 3.14. The predicted molar refractivity (Wildman–Crippen MR) is 61.0 cm³/mol. The van der Waals surface area contributed by atoms with Crippen molar-refractivity contribution in [1.29, 1.82) is 0 Å². The lowest BCUT2D eigenvalue weighted by Crippen LogP contribution is -2.42. The van der Waals surface area contributed by atoms with Crippen molar-refractivity contribution in [2.45, 2.75) is 12.3 Å². The van der Waals surface area contributed by atoms with E-state index in [4.69, 9.17) is 5.73 Å². The zero-order valence-corrected chi connectivity index (χ0v) is 9.02. The molecule has 2 atom stereocenters. The van der Waals surface area contributed by atoms with Crippen LogP contribution in [0.2, 0.25) is 0 Å². The van der Waals surface area contributed by atoms with Gasteiger partial charge >= 0.3 is 0 Å². The Bertz CT molecular complexity index is 392. The number of phenolic OH excluding ortho intramolecular Hbond substituents is 1. The van der Waals surface area contributed by atoms with E-state index >= 15 is 0 Å². The SMILES string of the molecule is NCC1CC(=O)NCC1c1cccc(O)c1. The Hall–Kier alpha value is -1.55. The smallest absolute Gasteiger partial charge is 0.220 e. The van der Waals surface area contributed by atoms with Gasteiger partial charge in [-0.3, -0.25) is 4.79 Å². The van der Waals surface area contributed by atoms with Gasteiger partial charge in [-0.2, -0.15) is 0 Å². The molecule has 1 saturated heterocycles. The van der Waals surface area contributed by atoms with Crippen LogP contribution in [0.3, 0.4) is 0 Å². The highest BCUT2D eigenvalue weighted by Crippen LogP contribution is 2.30. The van der Waals surface area contributed by atoms with Gasteiger partial charge in [-0.15, -0.1) is 0 Å². The van der Waals surface area contributed by atoms with Gasteiger partial charge in [0.1, 0.15) is 5.75 Å². The molecule has 0 bridgehead atoms. The van der Waals surface area contributed by atoms with E-state index in [0.717, 1.165) is 5.56 Å². The van der Waals surface area contributed by atoms with Crippen molar-refractivity contribution >= 4 is 5.91 Å². The van der Waals surface area contributed by atoms with E-state index in [1.54, 1.807) is 12.1 Å². The van der Waals surface area contributed by atoms with Gasteiger partial charge in [0, 0.05) is 18.9 Å². The fourth-order valence-corrected chi connectivity index (χ4v) is 2.24. The number of hydrogen-bond donors (Lipinski definition) is 3. The number of hydrogen-bond acceptors (Lipinski definition) is 3. The maximum Gasteiger partial charge on any atom is 0.220 e. The molecule has 0 radical (unpaired) electrons. The van der Waals surface area contributed by atoms with Crippen LogP contribution in [-0.2, 0) is 4.79 Å². The number of rotatable bonds is 2. The van der Waals surface area contributed by atoms with E-state index in [1.165, 1.54) is 0 Å². The minimum atomic E-state index is 0.0619. The summed E-state index contributed by atoms with van der Waals surface area (Å²) in [5, 5.41) is 12.3. The standard InChI is InChI=1S/C12H16N2O2/c13-6-9-5-12(16)14-7-11(9)8-2-1-3-10(15)4-8/h1-4,9,11,15H,5-7,13H2,(H,14,16). The molecule has 0 aliphatic carbocycles. The van der Waals surface area contributed by atoms with Crippen LogP contribution in [0.5, 0.6) is 5.75 Å². The molecular formula is C12H16N2O2. The fourth-order valence-electron chi connectivity index (χ4n) is 2.24. The predicted octanol–water partition coefficient (Wildman–Crippen LogP) is 0.571. The first-order valence-corrected chi connectivity index (χ1v) is 5.46. The van der Waals surface area contributed by atoms with Gasteiger partial charge in [-0.1, -0.05) is 12.1 Å². The lowest BCUT2D eigenvalue weighted by molar-refractivity contribution is -0.123. The molecule has 1 fully saturated rings. The van der Waals surface area contributed by atoms with Gasteiger partial charge in [0.15, 0.2) is 0 Å². The van der Waals surface area contributed by atoms with Gasteiger partial charge in [0.2, 0.25) is 5.91 Å². The summed E-state index contributed by atoms with van der Waals surface area (Å²) in [5.41, 5.74) is 6.73. The van der Waals surface area contributed by atoms with Crippen LogP contribution in [0.1, 0.15) is 17.9 Å². The minimum absolute atomic E-state index is 0.0619. The number of carbonyl (C=O) groups is 1. The fraction of sp³-hybridized carbons (Fsp3) is 0.417. The number of piperidine rings is 1. The molecule has 0 saturated carbocycles. The Kier molecular flexibility index (Phi) is 3.10. The maximum atomic E-state index is 11.3. The van der Waals surface area contributed by atoms with Crippen molar-refractivity contribution in [2.75, 3.05) is 13.1 Å². The molecule has 0 spiro atoms. The molecule has 2 unspecified atom stereocenters. The van der Waals surface area contributed by atoms with Crippen LogP contribution in [0.4, 0.5) is 0 Å². The van der Waals surface area contributed by atoms with E-state index < -0.39 is 0 Å². The van der Waals surface area contributed by atoms with Gasteiger partial charge in [0.05, 0.1) is 0 Å². The molecule has 4 heteroatoms. The first kappa shape index (κ1) is 11.0. The van der Waals surface area contributed by atoms with Crippen molar-refractivity contribution in [3.8, 4) is 5.75 Å². The average Bonchev–Trinajstić information content (AvgIpc) is 2.28. The summed E-state index contributed by atoms with van der Waals surface area (Å²) in [4.78, 5) is 11.3. The maximum absolute atomic E-state index is 11.3. The second-order valence-electron chi connectivity index (χ2n) is 4.21. The molecule has 0 aromatic heterocycles. The molecule has 16 heavy (non-hydrogen) atoms. The summed E-state index contributed by atoms with van der Waals surface area (Å²) in [7, 11) is 0. The number of benzene rings is 1. The van der Waals surface area contributed by atoms with Crippen molar-refractivity contribution < 1.29 is 9.90 Å². The second kappa shape index (κ2) is 4.53. The molecule has 1 aliphatic heterocycles. The highest BCUT2D eigenvalue weighted by molar-refractivity contribution is 5.77. The van der Waals surface area contributed by atoms with Crippen molar-refractivity contribution in [2.24, 2.45) is 11.7 Å². The van der Waals surface area contributed by atoms with Gasteiger partial charge in [-0.25, -0.2) is 0 Å². The van der Waals surface area contributed by atoms with Crippen molar-refractivity contribution in [1.82, 2.24) is 5.32 Å². The van der Waals surface area contributed by atoms with E-state index in [2.05, 4.69) is 5.32 Å². The number of amides is 1. The lowest BCUT2D eigenvalue weighted by Gasteiger charge is -2.31. The summed E-state index contributed by atoms with van der Waals surface area (Å²) in [6.45, 7) is 1.10. The Morgan fingerprint density at radius 2 is 2.31 bits per heavy atom. The molecule has 2 rings (SSSR count). The summed E-state index contributed by atoms with van der Waals surface area (Å²) in [5.74, 6) is 0.683. The molecule has 1 aliphatic rings. The van der Waals surface area contributed by atoms with Crippen LogP contribution in [-0.4, -0.2) is 24.1 Å². The number of carbonyl (C=O) groups excluding carboxylic acids is 1. The van der Waals surface area contributed by atoms with Crippen LogP contribution in [0.15, 0.2) is 24.3 Å². The van der Waals surface area contributed by atoms with Gasteiger partial charge in [0.25, 0.3) is 0 Å². The Balaban J connectivity index is 2.22. The third-order valence-corrected chi connectivity index (χ3v) is 3.14. The van der Waals surface area contributed by atoms with Crippen LogP contribution in [0.25, 0.3) is 0 Å². The lowest BCUT2D eigenvalue weighted by atomic mass is 9.81. The van der Waals surface area contributed by atoms with Gasteiger partial charge < -0.3 is 16.2 Å². The Labute approximate surface area is 94.5 Å². The number of nitrogens with two attached hydrogens (primary N) is 1. The molecule has 4 N–H and O–H groups in total. The first-order valence-electron chi connectivity index (χ1n) is 5.46. The topological polar surface area (TPSA) is 75.4 Å². The monoisotopic (exact) mass is 220 g/mol. The molecule has 4 nitrogen and oxygen atoms in total. The van der Waals surface area contributed by atoms with E-state index in [0.29, 0.717) is 19.5 Å². The van der Waals surface area contributed by atoms with E-state index in [9.17, 15) is 9.90 Å². The minimum Gasteiger partial charge on any atom is -0.508 e. The summed E-state index contributed by atoms with van der Waals surface area (Å²) in [6.07, 6.45) is 0.469. The van der Waals surface area contributed by atoms with E-state index in [1.807, 2.05) is 12.1 Å². The molecule has 86 valence electrons. The number of aromatic hydroxyl groups is 1. The first-order chi connectivity index (χ1) is 7.70. The molecule has 1 aromatic rings. The molecular weight excluding hydrogens is 204 g/mol. The van der Waals surface area contributed by atoms with Crippen LogP contribution >= 0.6 is 0 Å².